The van der Waals surface area contributed by atoms with Crippen LogP contribution < -0.4 is 10.1 Å². The summed E-state index contributed by atoms with van der Waals surface area (Å²) < 4.78 is 7.15. The number of amides is 1. The van der Waals surface area contributed by atoms with Crippen molar-refractivity contribution < 1.29 is 9.53 Å². The molecule has 0 unspecified atom stereocenters. The Hall–Kier alpha value is -2.79. The summed E-state index contributed by atoms with van der Waals surface area (Å²) in [5.74, 6) is 0.777. The van der Waals surface area contributed by atoms with E-state index in [9.17, 15) is 4.79 Å². The summed E-state index contributed by atoms with van der Waals surface area (Å²) >= 11 is 5.90. The first-order valence-corrected chi connectivity index (χ1v) is 8.80. The molecule has 2 aromatic carbocycles. The molecule has 1 aromatic heterocycles. The third kappa shape index (κ3) is 4.86. The second-order valence-corrected chi connectivity index (χ2v) is 6.24. The van der Waals surface area contributed by atoms with Gasteiger partial charge in [-0.3, -0.25) is 4.79 Å². The van der Waals surface area contributed by atoms with Gasteiger partial charge < -0.3 is 10.1 Å². The van der Waals surface area contributed by atoms with Crippen molar-refractivity contribution in [3.8, 4) is 11.4 Å². The number of carbonyl (C=O) groups is 1. The maximum absolute atomic E-state index is 12.1. The van der Waals surface area contributed by atoms with E-state index in [1.54, 1.807) is 10.9 Å². The van der Waals surface area contributed by atoms with Gasteiger partial charge in [0, 0.05) is 23.3 Å². The fraction of sp³-hybridized carbons (Fsp3) is 0.200. The molecule has 0 fully saturated rings. The second kappa shape index (κ2) is 8.54. The molecule has 1 heterocycles. The van der Waals surface area contributed by atoms with Gasteiger partial charge in [0.15, 0.2) is 0 Å². The van der Waals surface area contributed by atoms with Gasteiger partial charge in [-0.15, -0.1) is 0 Å². The fourth-order valence-corrected chi connectivity index (χ4v) is 2.63. The topological polar surface area (TPSA) is 56.1 Å². The average molecular weight is 370 g/mol. The number of nitrogens with one attached hydrogen (secondary N) is 1. The zero-order valence-corrected chi connectivity index (χ0v) is 15.2. The van der Waals surface area contributed by atoms with Crippen LogP contribution in [0.5, 0.6) is 5.75 Å². The van der Waals surface area contributed by atoms with Gasteiger partial charge >= 0.3 is 0 Å². The minimum atomic E-state index is -0.0339. The van der Waals surface area contributed by atoms with Gasteiger partial charge in [-0.1, -0.05) is 23.7 Å². The molecule has 0 spiro atoms. The van der Waals surface area contributed by atoms with Crippen LogP contribution in [-0.2, 0) is 17.8 Å². The van der Waals surface area contributed by atoms with Crippen LogP contribution in [0.15, 0.2) is 60.9 Å². The van der Waals surface area contributed by atoms with E-state index in [4.69, 9.17) is 16.3 Å². The zero-order chi connectivity index (χ0) is 18.4. The van der Waals surface area contributed by atoms with E-state index in [-0.39, 0.29) is 5.91 Å². The second-order valence-electron chi connectivity index (χ2n) is 5.80. The molecule has 0 saturated carbocycles. The molecule has 0 radical (unpaired) electrons. The molecular formula is C20H20ClN3O2. The molecule has 0 aliphatic rings. The number of rotatable bonds is 7. The highest BCUT2D eigenvalue weighted by Crippen LogP contribution is 2.14. The maximum Gasteiger partial charge on any atom is 0.224 e. The molecule has 3 aromatic rings. The van der Waals surface area contributed by atoms with Crippen molar-refractivity contribution in [1.29, 1.82) is 0 Å². The van der Waals surface area contributed by atoms with Crippen molar-refractivity contribution in [2.45, 2.75) is 19.9 Å². The van der Waals surface area contributed by atoms with Gasteiger partial charge in [0.1, 0.15) is 5.75 Å². The molecule has 0 aliphatic heterocycles. The van der Waals surface area contributed by atoms with Gasteiger partial charge in [-0.2, -0.15) is 5.10 Å². The largest absolute Gasteiger partial charge is 0.494 e. The summed E-state index contributed by atoms with van der Waals surface area (Å²) in [6.07, 6.45) is 3.96. The minimum Gasteiger partial charge on any atom is -0.494 e. The van der Waals surface area contributed by atoms with Crippen molar-refractivity contribution in [2.24, 2.45) is 0 Å². The van der Waals surface area contributed by atoms with Crippen LogP contribution in [0.2, 0.25) is 5.02 Å². The number of halogens is 1. The normalized spacial score (nSPS) is 10.5. The molecule has 6 heteroatoms. The molecule has 3 rings (SSSR count). The van der Waals surface area contributed by atoms with Gasteiger partial charge in [-0.05, 0) is 48.9 Å². The SMILES string of the molecule is CCOc1ccc(CC(=O)NCc2cnn(-c3ccc(Cl)cc3)c2)cc1. The van der Waals surface area contributed by atoms with Crippen molar-refractivity contribution in [3.63, 3.8) is 0 Å². The predicted molar refractivity (Wildman–Crippen MR) is 102 cm³/mol. The number of benzene rings is 2. The Bertz CT molecular complexity index is 858. The predicted octanol–water partition coefficient (Wildman–Crippen LogP) is 3.78. The first-order valence-electron chi connectivity index (χ1n) is 8.42. The van der Waals surface area contributed by atoms with Crippen LogP contribution in [0.3, 0.4) is 0 Å². The van der Waals surface area contributed by atoms with E-state index < -0.39 is 0 Å². The van der Waals surface area contributed by atoms with Crippen LogP contribution in [-0.4, -0.2) is 22.3 Å². The molecule has 0 atom stereocenters. The highest BCUT2D eigenvalue weighted by Gasteiger charge is 2.06. The molecule has 26 heavy (non-hydrogen) atoms. The average Bonchev–Trinajstić information content (AvgIpc) is 3.11. The molecule has 1 N–H and O–H groups in total. The fourth-order valence-electron chi connectivity index (χ4n) is 2.51. The third-order valence-electron chi connectivity index (χ3n) is 3.82. The van der Waals surface area contributed by atoms with Crippen molar-refractivity contribution in [1.82, 2.24) is 15.1 Å². The molecule has 134 valence electrons. The number of hydrogen-bond donors (Lipinski definition) is 1. The monoisotopic (exact) mass is 369 g/mol. The highest BCUT2D eigenvalue weighted by atomic mass is 35.5. The number of hydrogen-bond acceptors (Lipinski definition) is 3. The van der Waals surface area contributed by atoms with Crippen LogP contribution in [0.4, 0.5) is 0 Å². The quantitative estimate of drug-likeness (QED) is 0.689. The number of aromatic nitrogens is 2. The Morgan fingerprint density at radius 3 is 2.54 bits per heavy atom. The van der Waals surface area contributed by atoms with E-state index in [1.165, 1.54) is 0 Å². The Kier molecular flexibility index (Phi) is 5.92. The molecule has 1 amide bonds. The van der Waals surface area contributed by atoms with E-state index in [0.29, 0.717) is 24.6 Å². The number of carbonyl (C=O) groups excluding carboxylic acids is 1. The lowest BCUT2D eigenvalue weighted by Crippen LogP contribution is -2.24. The van der Waals surface area contributed by atoms with Gasteiger partial charge in [-0.25, -0.2) is 4.68 Å². The lowest BCUT2D eigenvalue weighted by atomic mass is 10.1. The third-order valence-corrected chi connectivity index (χ3v) is 4.07. The Morgan fingerprint density at radius 1 is 1.12 bits per heavy atom. The van der Waals surface area contributed by atoms with Crippen molar-refractivity contribution >= 4 is 17.5 Å². The zero-order valence-electron chi connectivity index (χ0n) is 14.5. The first kappa shape index (κ1) is 18.0. The Morgan fingerprint density at radius 2 is 1.85 bits per heavy atom. The van der Waals surface area contributed by atoms with Crippen molar-refractivity contribution in [3.05, 3.63) is 77.1 Å². The van der Waals surface area contributed by atoms with Crippen LogP contribution in [0.25, 0.3) is 5.69 Å². The summed E-state index contributed by atoms with van der Waals surface area (Å²) in [7, 11) is 0. The first-order chi connectivity index (χ1) is 12.6. The van der Waals surface area contributed by atoms with E-state index in [1.807, 2.05) is 61.7 Å². The summed E-state index contributed by atoms with van der Waals surface area (Å²) in [5.41, 5.74) is 2.80. The summed E-state index contributed by atoms with van der Waals surface area (Å²) in [6, 6.07) is 15.0. The molecule has 0 aliphatic carbocycles. The summed E-state index contributed by atoms with van der Waals surface area (Å²) in [6.45, 7) is 3.00. The maximum atomic E-state index is 12.1. The van der Waals surface area contributed by atoms with Gasteiger partial charge in [0.25, 0.3) is 0 Å². The molecule has 0 bridgehead atoms. The Labute approximate surface area is 157 Å². The van der Waals surface area contributed by atoms with E-state index in [0.717, 1.165) is 22.6 Å². The van der Waals surface area contributed by atoms with Gasteiger partial charge in [0.2, 0.25) is 5.91 Å². The summed E-state index contributed by atoms with van der Waals surface area (Å²) in [5, 5.41) is 7.91. The summed E-state index contributed by atoms with van der Waals surface area (Å²) in [4.78, 5) is 12.1. The number of ether oxygens (including phenoxy) is 1. The molecule has 5 nitrogen and oxygen atoms in total. The Balaban J connectivity index is 1.52. The van der Waals surface area contributed by atoms with E-state index >= 15 is 0 Å². The minimum absolute atomic E-state index is 0.0339. The molecule has 0 saturated heterocycles. The van der Waals surface area contributed by atoms with Crippen LogP contribution in [0.1, 0.15) is 18.1 Å². The smallest absolute Gasteiger partial charge is 0.224 e. The molecular weight excluding hydrogens is 350 g/mol. The lowest BCUT2D eigenvalue weighted by Gasteiger charge is -2.06. The highest BCUT2D eigenvalue weighted by molar-refractivity contribution is 6.30. The number of nitrogens with zero attached hydrogens (tertiary/aromatic N) is 2. The van der Waals surface area contributed by atoms with Crippen LogP contribution >= 0.6 is 11.6 Å². The standard InChI is InChI=1S/C20H20ClN3O2/c1-2-26-19-9-3-15(4-10-19)11-20(25)22-12-16-13-23-24(14-16)18-7-5-17(21)6-8-18/h3-10,13-14H,2,11-12H2,1H3,(H,22,25). The van der Waals surface area contributed by atoms with Gasteiger partial charge in [0.05, 0.1) is 24.9 Å². The lowest BCUT2D eigenvalue weighted by molar-refractivity contribution is -0.120. The van der Waals surface area contributed by atoms with Crippen molar-refractivity contribution in [2.75, 3.05) is 6.61 Å². The van der Waals surface area contributed by atoms with Crippen LogP contribution in [0, 0.1) is 0 Å². The van der Waals surface area contributed by atoms with E-state index in [2.05, 4.69) is 10.4 Å².